The molecule has 0 atom stereocenters. The highest BCUT2D eigenvalue weighted by atomic mass is 16.5. The van der Waals surface area contributed by atoms with Crippen LogP contribution in [0.5, 0.6) is 11.5 Å². The predicted molar refractivity (Wildman–Crippen MR) is 110 cm³/mol. The van der Waals surface area contributed by atoms with E-state index in [1.165, 1.54) is 4.57 Å². The third-order valence-corrected chi connectivity index (χ3v) is 4.75. The molecule has 152 valence electrons. The van der Waals surface area contributed by atoms with Crippen molar-refractivity contribution in [2.45, 2.75) is 20.0 Å². The van der Waals surface area contributed by atoms with Crippen LogP contribution in [0.25, 0.3) is 11.0 Å². The highest BCUT2D eigenvalue weighted by Crippen LogP contribution is 2.28. The molecule has 0 radical (unpaired) electrons. The second-order valence-corrected chi connectivity index (χ2v) is 6.59. The fourth-order valence-corrected chi connectivity index (χ4v) is 3.27. The van der Waals surface area contributed by atoms with E-state index >= 15 is 0 Å². The van der Waals surface area contributed by atoms with Crippen LogP contribution in [-0.2, 0) is 13.1 Å². The SMILES string of the molecule is CCn1c(=O)c(=O)[nH]c2cc(C(=O)N(C)Cc3ccc(OC)c(OC)c3)ccc21. The van der Waals surface area contributed by atoms with Crippen LogP contribution in [0.4, 0.5) is 0 Å². The molecule has 0 saturated heterocycles. The number of carbonyl (C=O) groups excluding carboxylic acids is 1. The fourth-order valence-electron chi connectivity index (χ4n) is 3.27. The topological polar surface area (TPSA) is 93.6 Å². The van der Waals surface area contributed by atoms with Crippen molar-refractivity contribution in [1.29, 1.82) is 0 Å². The molecule has 1 N–H and O–H groups in total. The molecule has 2 aromatic carbocycles. The van der Waals surface area contributed by atoms with Gasteiger partial charge in [-0.05, 0) is 42.8 Å². The first-order valence-electron chi connectivity index (χ1n) is 9.12. The average Bonchev–Trinajstić information content (AvgIpc) is 2.73. The summed E-state index contributed by atoms with van der Waals surface area (Å²) in [6, 6.07) is 10.4. The minimum Gasteiger partial charge on any atom is -0.493 e. The van der Waals surface area contributed by atoms with Gasteiger partial charge in [-0.15, -0.1) is 0 Å². The number of H-pyrrole nitrogens is 1. The normalized spacial score (nSPS) is 10.8. The molecule has 0 aliphatic heterocycles. The van der Waals surface area contributed by atoms with E-state index in [4.69, 9.17) is 9.47 Å². The Morgan fingerprint density at radius 3 is 2.45 bits per heavy atom. The lowest BCUT2D eigenvalue weighted by atomic mass is 10.1. The molecule has 1 heterocycles. The van der Waals surface area contributed by atoms with Crippen molar-refractivity contribution in [3.8, 4) is 11.5 Å². The number of nitrogens with one attached hydrogen (secondary N) is 1. The lowest BCUT2D eigenvalue weighted by Gasteiger charge is -2.19. The molecular formula is C21H23N3O5. The van der Waals surface area contributed by atoms with Crippen LogP contribution in [0.3, 0.4) is 0 Å². The highest BCUT2D eigenvalue weighted by molar-refractivity contribution is 5.97. The van der Waals surface area contributed by atoms with E-state index in [1.54, 1.807) is 57.4 Å². The number of benzene rings is 2. The number of carbonyl (C=O) groups is 1. The van der Waals surface area contributed by atoms with Crippen molar-refractivity contribution in [3.05, 3.63) is 68.2 Å². The number of nitrogens with zero attached hydrogens (tertiary/aromatic N) is 2. The number of rotatable bonds is 6. The maximum atomic E-state index is 12.9. The minimum atomic E-state index is -0.706. The zero-order valence-electron chi connectivity index (χ0n) is 16.8. The Bertz CT molecular complexity index is 1180. The van der Waals surface area contributed by atoms with Crippen molar-refractivity contribution in [3.63, 3.8) is 0 Å². The summed E-state index contributed by atoms with van der Waals surface area (Å²) in [5.41, 5.74) is 1.01. The van der Waals surface area contributed by atoms with Crippen LogP contribution in [0.2, 0.25) is 0 Å². The number of methoxy groups -OCH3 is 2. The average molecular weight is 397 g/mol. The molecule has 0 spiro atoms. The maximum Gasteiger partial charge on any atom is 0.316 e. The van der Waals surface area contributed by atoms with Crippen LogP contribution < -0.4 is 20.6 Å². The summed E-state index contributed by atoms with van der Waals surface area (Å²) in [6.45, 7) is 2.52. The molecule has 0 aliphatic rings. The van der Waals surface area contributed by atoms with Gasteiger partial charge in [0.1, 0.15) is 0 Å². The van der Waals surface area contributed by atoms with Gasteiger partial charge >= 0.3 is 11.1 Å². The highest BCUT2D eigenvalue weighted by Gasteiger charge is 2.15. The van der Waals surface area contributed by atoms with Gasteiger partial charge in [-0.2, -0.15) is 0 Å². The second kappa shape index (κ2) is 8.22. The van der Waals surface area contributed by atoms with E-state index < -0.39 is 11.1 Å². The van der Waals surface area contributed by atoms with Gasteiger partial charge in [-0.3, -0.25) is 14.4 Å². The zero-order valence-corrected chi connectivity index (χ0v) is 16.8. The predicted octanol–water partition coefficient (Wildman–Crippen LogP) is 2.00. The first-order valence-corrected chi connectivity index (χ1v) is 9.12. The molecule has 0 unspecified atom stereocenters. The quantitative estimate of drug-likeness (QED) is 0.642. The van der Waals surface area contributed by atoms with Gasteiger partial charge in [0.05, 0.1) is 25.3 Å². The van der Waals surface area contributed by atoms with Crippen molar-refractivity contribution < 1.29 is 14.3 Å². The van der Waals surface area contributed by atoms with Gasteiger partial charge in [0.25, 0.3) is 5.91 Å². The van der Waals surface area contributed by atoms with Crippen LogP contribution in [0.15, 0.2) is 46.0 Å². The van der Waals surface area contributed by atoms with Crippen molar-refractivity contribution in [2.75, 3.05) is 21.3 Å². The molecule has 3 aromatic rings. The number of fused-ring (bicyclic) bond motifs is 1. The Morgan fingerprint density at radius 1 is 1.07 bits per heavy atom. The molecule has 8 nitrogen and oxygen atoms in total. The number of aromatic nitrogens is 2. The summed E-state index contributed by atoms with van der Waals surface area (Å²) in [7, 11) is 4.82. The first-order chi connectivity index (χ1) is 13.9. The van der Waals surface area contributed by atoms with E-state index in [1.807, 2.05) is 12.1 Å². The summed E-state index contributed by atoms with van der Waals surface area (Å²) in [4.78, 5) is 40.8. The molecule has 0 aliphatic carbocycles. The smallest absolute Gasteiger partial charge is 0.316 e. The Balaban J connectivity index is 1.90. The van der Waals surface area contributed by atoms with Crippen LogP contribution >= 0.6 is 0 Å². The van der Waals surface area contributed by atoms with E-state index in [0.717, 1.165) is 5.56 Å². The number of amides is 1. The van der Waals surface area contributed by atoms with E-state index in [0.29, 0.717) is 41.2 Å². The summed E-state index contributed by atoms with van der Waals surface area (Å²) in [6.07, 6.45) is 0. The summed E-state index contributed by atoms with van der Waals surface area (Å²) < 4.78 is 11.9. The molecule has 0 saturated carbocycles. The van der Waals surface area contributed by atoms with Gasteiger partial charge in [0, 0.05) is 25.7 Å². The number of hydrogen-bond acceptors (Lipinski definition) is 5. The van der Waals surface area contributed by atoms with Crippen LogP contribution in [-0.4, -0.2) is 41.6 Å². The Morgan fingerprint density at radius 2 is 1.79 bits per heavy atom. The molecule has 8 heteroatoms. The Labute approximate surface area is 167 Å². The number of ether oxygens (including phenoxy) is 2. The Hall–Kier alpha value is -3.55. The molecule has 1 aromatic heterocycles. The molecule has 29 heavy (non-hydrogen) atoms. The standard InChI is InChI=1S/C21H23N3O5/c1-5-24-16-8-7-14(11-15(16)22-19(25)21(24)27)20(26)23(2)12-13-6-9-17(28-3)18(10-13)29-4/h6-11H,5,12H2,1-4H3,(H,22,25). The maximum absolute atomic E-state index is 12.9. The van der Waals surface area contributed by atoms with Gasteiger partial charge < -0.3 is 23.9 Å². The monoisotopic (exact) mass is 397 g/mol. The molecule has 3 rings (SSSR count). The summed E-state index contributed by atoms with van der Waals surface area (Å²) >= 11 is 0. The van der Waals surface area contributed by atoms with Crippen molar-refractivity contribution in [2.24, 2.45) is 0 Å². The van der Waals surface area contributed by atoms with E-state index in [9.17, 15) is 14.4 Å². The molecule has 1 amide bonds. The third-order valence-electron chi connectivity index (χ3n) is 4.75. The zero-order chi connectivity index (χ0) is 21.1. The van der Waals surface area contributed by atoms with Gasteiger partial charge in [-0.25, -0.2) is 0 Å². The fraction of sp³-hybridized carbons (Fsp3) is 0.286. The third kappa shape index (κ3) is 3.87. The van der Waals surface area contributed by atoms with E-state index in [2.05, 4.69) is 4.98 Å². The van der Waals surface area contributed by atoms with Crippen LogP contribution in [0, 0.1) is 0 Å². The van der Waals surface area contributed by atoms with Crippen molar-refractivity contribution in [1.82, 2.24) is 14.5 Å². The summed E-state index contributed by atoms with van der Waals surface area (Å²) in [5.74, 6) is 0.995. The second-order valence-electron chi connectivity index (χ2n) is 6.59. The van der Waals surface area contributed by atoms with Crippen LogP contribution in [0.1, 0.15) is 22.8 Å². The minimum absolute atomic E-state index is 0.211. The largest absolute Gasteiger partial charge is 0.493 e. The number of hydrogen-bond donors (Lipinski definition) is 1. The summed E-state index contributed by atoms with van der Waals surface area (Å²) in [5, 5.41) is 0. The lowest BCUT2D eigenvalue weighted by molar-refractivity contribution is 0.0785. The lowest BCUT2D eigenvalue weighted by Crippen LogP contribution is -2.36. The molecular weight excluding hydrogens is 374 g/mol. The van der Waals surface area contributed by atoms with Gasteiger partial charge in [0.2, 0.25) is 0 Å². The molecule has 0 fully saturated rings. The Kier molecular flexibility index (Phi) is 5.72. The number of aryl methyl sites for hydroxylation is 1. The van der Waals surface area contributed by atoms with Gasteiger partial charge in [0.15, 0.2) is 11.5 Å². The first kappa shape index (κ1) is 20.2. The van der Waals surface area contributed by atoms with Crippen molar-refractivity contribution >= 4 is 16.9 Å². The van der Waals surface area contributed by atoms with Gasteiger partial charge in [-0.1, -0.05) is 6.07 Å². The number of aromatic amines is 1. The molecule has 0 bridgehead atoms. The van der Waals surface area contributed by atoms with E-state index in [-0.39, 0.29) is 5.91 Å².